The minimum absolute atomic E-state index is 0.0945. The first-order valence-corrected chi connectivity index (χ1v) is 5.59. The van der Waals surface area contributed by atoms with Gasteiger partial charge in [0.25, 0.3) is 5.91 Å². The van der Waals surface area contributed by atoms with E-state index >= 15 is 0 Å². The predicted octanol–water partition coefficient (Wildman–Crippen LogP) is 2.11. The van der Waals surface area contributed by atoms with E-state index in [0.717, 1.165) is 11.0 Å². The van der Waals surface area contributed by atoms with Gasteiger partial charge in [0, 0.05) is 12.6 Å². The molecule has 0 aliphatic heterocycles. The lowest BCUT2D eigenvalue weighted by atomic mass is 10.00. The van der Waals surface area contributed by atoms with Crippen molar-refractivity contribution in [3.05, 3.63) is 35.1 Å². The van der Waals surface area contributed by atoms with Crippen LogP contribution in [0.4, 0.5) is 4.39 Å². The molecule has 0 aromatic heterocycles. The minimum Gasteiger partial charge on any atom is -0.480 e. The standard InChI is InChI=1S/C13H16FNO3/c1-8(2)9-4-10(6-11(14)5-9)13(18)15(3)7-12(16)17/h4-6,8H,7H2,1-3H3,(H,16,17). The average molecular weight is 253 g/mol. The lowest BCUT2D eigenvalue weighted by Crippen LogP contribution is -2.32. The molecule has 4 nitrogen and oxygen atoms in total. The Balaban J connectivity index is 3.02. The predicted molar refractivity (Wildman–Crippen MR) is 65.1 cm³/mol. The van der Waals surface area contributed by atoms with Gasteiger partial charge in [-0.05, 0) is 29.7 Å². The van der Waals surface area contributed by atoms with Gasteiger partial charge >= 0.3 is 5.97 Å². The lowest BCUT2D eigenvalue weighted by molar-refractivity contribution is -0.137. The average Bonchev–Trinajstić information content (AvgIpc) is 2.26. The molecule has 0 aliphatic carbocycles. The second-order valence-electron chi connectivity index (χ2n) is 4.48. The molecule has 0 radical (unpaired) electrons. The monoisotopic (exact) mass is 253 g/mol. The summed E-state index contributed by atoms with van der Waals surface area (Å²) in [6.45, 7) is 3.38. The van der Waals surface area contributed by atoms with Crippen molar-refractivity contribution < 1.29 is 19.1 Å². The Morgan fingerprint density at radius 1 is 1.33 bits per heavy atom. The molecule has 0 atom stereocenters. The van der Waals surface area contributed by atoms with Crippen LogP contribution in [0.15, 0.2) is 18.2 Å². The third-order valence-electron chi connectivity index (χ3n) is 2.55. The largest absolute Gasteiger partial charge is 0.480 e. The normalized spacial score (nSPS) is 10.5. The SMILES string of the molecule is CC(C)c1cc(F)cc(C(=O)N(C)CC(=O)O)c1. The van der Waals surface area contributed by atoms with Crippen molar-refractivity contribution in [2.45, 2.75) is 19.8 Å². The number of carbonyl (C=O) groups is 2. The second-order valence-corrected chi connectivity index (χ2v) is 4.48. The molecule has 0 heterocycles. The van der Waals surface area contributed by atoms with Gasteiger partial charge in [0.2, 0.25) is 0 Å². The van der Waals surface area contributed by atoms with Gasteiger partial charge in [-0.15, -0.1) is 0 Å². The molecule has 1 amide bonds. The van der Waals surface area contributed by atoms with Crippen molar-refractivity contribution in [2.24, 2.45) is 0 Å². The summed E-state index contributed by atoms with van der Waals surface area (Å²) in [4.78, 5) is 23.5. The van der Waals surface area contributed by atoms with Crippen molar-refractivity contribution in [1.29, 1.82) is 0 Å². The zero-order chi connectivity index (χ0) is 13.9. The van der Waals surface area contributed by atoms with E-state index < -0.39 is 24.2 Å². The van der Waals surface area contributed by atoms with Crippen LogP contribution in [0.25, 0.3) is 0 Å². The number of hydrogen-bond acceptors (Lipinski definition) is 2. The van der Waals surface area contributed by atoms with Crippen LogP contribution in [0.5, 0.6) is 0 Å². The van der Waals surface area contributed by atoms with Crippen molar-refractivity contribution >= 4 is 11.9 Å². The molecule has 1 rings (SSSR count). The molecule has 0 fully saturated rings. The first-order chi connectivity index (χ1) is 8.31. The van der Waals surface area contributed by atoms with Crippen LogP contribution in [-0.2, 0) is 4.79 Å². The molecule has 0 aliphatic rings. The van der Waals surface area contributed by atoms with Gasteiger partial charge in [0.1, 0.15) is 12.4 Å². The van der Waals surface area contributed by atoms with Crippen molar-refractivity contribution in [1.82, 2.24) is 4.90 Å². The summed E-state index contributed by atoms with van der Waals surface area (Å²) in [5.41, 5.74) is 0.879. The summed E-state index contributed by atoms with van der Waals surface area (Å²) < 4.78 is 13.4. The Morgan fingerprint density at radius 2 is 1.94 bits per heavy atom. The summed E-state index contributed by atoms with van der Waals surface area (Å²) >= 11 is 0. The number of amides is 1. The highest BCUT2D eigenvalue weighted by molar-refractivity contribution is 5.95. The zero-order valence-electron chi connectivity index (χ0n) is 10.6. The maximum absolute atomic E-state index is 13.4. The molecule has 0 spiro atoms. The summed E-state index contributed by atoms with van der Waals surface area (Å²) in [7, 11) is 1.37. The Labute approximate surface area is 105 Å². The molecule has 18 heavy (non-hydrogen) atoms. The number of halogens is 1. The fourth-order valence-corrected chi connectivity index (χ4v) is 1.56. The van der Waals surface area contributed by atoms with Gasteiger partial charge in [0.05, 0.1) is 0 Å². The summed E-state index contributed by atoms with van der Waals surface area (Å²) in [6, 6.07) is 4.08. The molecule has 5 heteroatoms. The van der Waals surface area contributed by atoms with E-state index in [4.69, 9.17) is 5.11 Å². The van der Waals surface area contributed by atoms with Gasteiger partial charge in [-0.1, -0.05) is 13.8 Å². The zero-order valence-corrected chi connectivity index (χ0v) is 10.6. The van der Waals surface area contributed by atoms with Crippen LogP contribution in [-0.4, -0.2) is 35.5 Å². The van der Waals surface area contributed by atoms with Crippen LogP contribution < -0.4 is 0 Å². The highest BCUT2D eigenvalue weighted by Crippen LogP contribution is 2.18. The Kier molecular flexibility index (Phi) is 4.42. The molecular formula is C13H16FNO3. The maximum atomic E-state index is 13.4. The third-order valence-corrected chi connectivity index (χ3v) is 2.55. The number of rotatable bonds is 4. The maximum Gasteiger partial charge on any atom is 0.323 e. The van der Waals surface area contributed by atoms with Gasteiger partial charge in [-0.3, -0.25) is 9.59 Å². The number of nitrogens with zero attached hydrogens (tertiary/aromatic N) is 1. The van der Waals surface area contributed by atoms with E-state index in [2.05, 4.69) is 0 Å². The van der Waals surface area contributed by atoms with E-state index in [-0.39, 0.29) is 11.5 Å². The molecule has 0 saturated carbocycles. The summed E-state index contributed by atoms with van der Waals surface area (Å²) in [5.74, 6) is -2.00. The molecule has 1 aromatic rings. The fraction of sp³-hybridized carbons (Fsp3) is 0.385. The smallest absolute Gasteiger partial charge is 0.323 e. The number of hydrogen-bond donors (Lipinski definition) is 1. The van der Waals surface area contributed by atoms with Crippen LogP contribution in [0.1, 0.15) is 35.7 Å². The molecule has 0 bridgehead atoms. The number of carbonyl (C=O) groups excluding carboxylic acids is 1. The van der Waals surface area contributed by atoms with E-state index in [0.29, 0.717) is 5.56 Å². The molecule has 1 aromatic carbocycles. The molecule has 1 N–H and O–H groups in total. The van der Waals surface area contributed by atoms with Crippen LogP contribution in [0.3, 0.4) is 0 Å². The Bertz CT molecular complexity index is 471. The first-order valence-electron chi connectivity index (χ1n) is 5.59. The van der Waals surface area contributed by atoms with Crippen LogP contribution in [0.2, 0.25) is 0 Å². The van der Waals surface area contributed by atoms with Crippen molar-refractivity contribution in [3.63, 3.8) is 0 Å². The highest BCUT2D eigenvalue weighted by atomic mass is 19.1. The van der Waals surface area contributed by atoms with E-state index in [1.807, 2.05) is 13.8 Å². The van der Waals surface area contributed by atoms with Gasteiger partial charge in [-0.25, -0.2) is 4.39 Å². The number of carboxylic acids is 1. The van der Waals surface area contributed by atoms with Crippen molar-refractivity contribution in [2.75, 3.05) is 13.6 Å². The van der Waals surface area contributed by atoms with E-state index in [9.17, 15) is 14.0 Å². The summed E-state index contributed by atoms with van der Waals surface area (Å²) in [5, 5.41) is 8.61. The minimum atomic E-state index is -1.11. The molecule has 0 saturated heterocycles. The third kappa shape index (κ3) is 3.55. The molecule has 0 unspecified atom stereocenters. The van der Waals surface area contributed by atoms with Gasteiger partial charge in [-0.2, -0.15) is 0 Å². The van der Waals surface area contributed by atoms with Gasteiger partial charge < -0.3 is 10.0 Å². The topological polar surface area (TPSA) is 57.6 Å². The Hall–Kier alpha value is -1.91. The van der Waals surface area contributed by atoms with E-state index in [1.165, 1.54) is 13.1 Å². The second kappa shape index (κ2) is 5.62. The number of likely N-dealkylation sites (N-methyl/N-ethyl adjacent to an activating group) is 1. The van der Waals surface area contributed by atoms with Gasteiger partial charge in [0.15, 0.2) is 0 Å². The first kappa shape index (κ1) is 14.2. The number of benzene rings is 1. The Morgan fingerprint density at radius 3 is 2.44 bits per heavy atom. The lowest BCUT2D eigenvalue weighted by Gasteiger charge is -2.16. The van der Waals surface area contributed by atoms with Crippen LogP contribution in [0, 0.1) is 5.82 Å². The highest BCUT2D eigenvalue weighted by Gasteiger charge is 2.16. The molecule has 98 valence electrons. The quantitative estimate of drug-likeness (QED) is 0.894. The summed E-state index contributed by atoms with van der Waals surface area (Å²) in [6.07, 6.45) is 0. The number of carboxylic acid groups (broad SMARTS) is 1. The fourth-order valence-electron chi connectivity index (χ4n) is 1.56. The van der Waals surface area contributed by atoms with Crippen molar-refractivity contribution in [3.8, 4) is 0 Å². The molecular weight excluding hydrogens is 237 g/mol. The van der Waals surface area contributed by atoms with E-state index in [1.54, 1.807) is 6.07 Å². The number of aliphatic carboxylic acids is 1. The van der Waals surface area contributed by atoms with Crippen LogP contribution >= 0.6 is 0 Å².